The van der Waals surface area contributed by atoms with Gasteiger partial charge in [-0.15, -0.1) is 11.3 Å². The van der Waals surface area contributed by atoms with Crippen LogP contribution < -0.4 is 5.56 Å². The van der Waals surface area contributed by atoms with E-state index >= 15 is 0 Å². The third-order valence-corrected chi connectivity index (χ3v) is 8.12. The Kier molecular flexibility index (Phi) is 5.58. The number of fused-ring (bicyclic) bond motifs is 3. The van der Waals surface area contributed by atoms with Crippen LogP contribution in [0.25, 0.3) is 15.9 Å². The van der Waals surface area contributed by atoms with E-state index in [2.05, 4.69) is 15.9 Å². The summed E-state index contributed by atoms with van der Waals surface area (Å²) in [5.41, 5.74) is 3.64. The number of carbonyl (C=O) groups is 1. The van der Waals surface area contributed by atoms with E-state index in [0.29, 0.717) is 10.7 Å². The lowest BCUT2D eigenvalue weighted by molar-refractivity contribution is 0.102. The quantitative estimate of drug-likeness (QED) is 0.188. The number of thioether (sulfide) groups is 1. The maximum Gasteiger partial charge on any atom is 0.267 e. The van der Waals surface area contributed by atoms with Crippen LogP contribution in [0.2, 0.25) is 0 Å². The summed E-state index contributed by atoms with van der Waals surface area (Å²) in [5, 5.41) is 1.32. The van der Waals surface area contributed by atoms with E-state index in [-0.39, 0.29) is 17.1 Å². The number of halogens is 1. The molecule has 4 nitrogen and oxygen atoms in total. The summed E-state index contributed by atoms with van der Waals surface area (Å²) in [7, 11) is 0. The number of ketones is 1. The second-order valence-corrected chi connectivity index (χ2v) is 10.6. The van der Waals surface area contributed by atoms with Crippen molar-refractivity contribution in [2.24, 2.45) is 0 Å². The topological polar surface area (TPSA) is 52.0 Å². The van der Waals surface area contributed by atoms with Gasteiger partial charge in [-0.25, -0.2) is 4.98 Å². The van der Waals surface area contributed by atoms with E-state index in [9.17, 15) is 9.59 Å². The smallest absolute Gasteiger partial charge is 0.267 e. The van der Waals surface area contributed by atoms with Gasteiger partial charge in [-0.2, -0.15) is 0 Å². The fourth-order valence-electron chi connectivity index (χ4n) is 3.97. The summed E-state index contributed by atoms with van der Waals surface area (Å²) in [6.07, 6.45) is 3.05. The van der Waals surface area contributed by atoms with Crippen LogP contribution in [0.15, 0.2) is 63.0 Å². The highest BCUT2D eigenvalue weighted by molar-refractivity contribution is 9.10. The van der Waals surface area contributed by atoms with Crippen molar-refractivity contribution in [3.8, 4) is 5.69 Å². The Morgan fingerprint density at radius 2 is 2.00 bits per heavy atom. The van der Waals surface area contributed by atoms with Crippen LogP contribution in [0.3, 0.4) is 0 Å². The molecule has 0 spiro atoms. The molecule has 156 valence electrons. The molecule has 0 aliphatic heterocycles. The summed E-state index contributed by atoms with van der Waals surface area (Å²) in [6.45, 7) is 2.01. The molecule has 1 aliphatic rings. The molecule has 2 aromatic carbocycles. The zero-order valence-corrected chi connectivity index (χ0v) is 20.1. The van der Waals surface area contributed by atoms with Crippen molar-refractivity contribution in [3.05, 3.63) is 84.9 Å². The zero-order valence-electron chi connectivity index (χ0n) is 16.9. The second kappa shape index (κ2) is 8.37. The third kappa shape index (κ3) is 3.90. The van der Waals surface area contributed by atoms with Crippen LogP contribution in [0.1, 0.15) is 32.8 Å². The molecule has 0 atom stereocenters. The number of hydrogen-bond acceptors (Lipinski definition) is 5. The number of carbonyl (C=O) groups excluding carboxylic acids is 1. The third-order valence-electron chi connectivity index (χ3n) is 5.47. The first kappa shape index (κ1) is 20.7. The Hall–Kier alpha value is -2.22. The van der Waals surface area contributed by atoms with Crippen molar-refractivity contribution in [3.63, 3.8) is 0 Å². The minimum Gasteiger partial charge on any atom is -0.293 e. The van der Waals surface area contributed by atoms with Crippen LogP contribution >= 0.6 is 39.0 Å². The largest absolute Gasteiger partial charge is 0.293 e. The lowest BCUT2D eigenvalue weighted by atomic mass is 10.2. The van der Waals surface area contributed by atoms with Crippen LogP contribution in [0, 0.1) is 6.92 Å². The Morgan fingerprint density at radius 3 is 2.77 bits per heavy atom. The van der Waals surface area contributed by atoms with Crippen molar-refractivity contribution in [2.45, 2.75) is 31.3 Å². The molecule has 0 unspecified atom stereocenters. The van der Waals surface area contributed by atoms with Gasteiger partial charge in [0.2, 0.25) is 0 Å². The van der Waals surface area contributed by atoms with Gasteiger partial charge in [0.05, 0.1) is 16.8 Å². The van der Waals surface area contributed by atoms with Crippen LogP contribution in [0.5, 0.6) is 0 Å². The molecule has 2 aromatic heterocycles. The second-order valence-electron chi connectivity index (χ2n) is 7.63. The van der Waals surface area contributed by atoms with Crippen LogP contribution in [-0.4, -0.2) is 21.1 Å². The fraction of sp³-hybridized carbons (Fsp3) is 0.208. The molecule has 0 radical (unpaired) electrons. The molecule has 31 heavy (non-hydrogen) atoms. The average molecular weight is 511 g/mol. The first-order valence-electron chi connectivity index (χ1n) is 10.1. The molecule has 0 saturated carbocycles. The molecule has 4 aromatic rings. The summed E-state index contributed by atoms with van der Waals surface area (Å²) in [6, 6.07) is 15.2. The van der Waals surface area contributed by atoms with Crippen LogP contribution in [-0.2, 0) is 12.8 Å². The normalized spacial score (nSPS) is 13.0. The fourth-order valence-corrected chi connectivity index (χ4v) is 6.44. The van der Waals surface area contributed by atoms with Gasteiger partial charge in [0, 0.05) is 14.9 Å². The standard InChI is InChI=1S/C24H19BrN2O2S2/c1-14-4-2-5-17(12-14)27-23(29)21-18-6-3-7-20(18)31-22(21)26-24(27)30-13-19(28)15-8-10-16(25)11-9-15/h2,4-5,8-12H,3,6-7,13H2,1H3. The summed E-state index contributed by atoms with van der Waals surface area (Å²) < 4.78 is 2.61. The minimum atomic E-state index is -0.0337. The minimum absolute atomic E-state index is 0.0105. The molecule has 0 saturated heterocycles. The number of rotatable bonds is 5. The summed E-state index contributed by atoms with van der Waals surface area (Å²) in [5.74, 6) is 0.229. The van der Waals surface area contributed by atoms with E-state index in [1.165, 1.54) is 22.2 Å². The van der Waals surface area contributed by atoms with Crippen LogP contribution in [0.4, 0.5) is 0 Å². The SMILES string of the molecule is Cc1cccc(-n2c(SCC(=O)c3ccc(Br)cc3)nc3sc4c(c3c2=O)CCC4)c1. The highest BCUT2D eigenvalue weighted by Gasteiger charge is 2.24. The Balaban J connectivity index is 1.59. The number of Topliss-reactive ketones (excluding diaryl/α,β-unsaturated/α-hetero) is 1. The number of benzene rings is 2. The van der Waals surface area contributed by atoms with Gasteiger partial charge in [0.15, 0.2) is 10.9 Å². The summed E-state index contributed by atoms with van der Waals surface area (Å²) in [4.78, 5) is 33.3. The molecule has 1 aliphatic carbocycles. The maximum atomic E-state index is 13.7. The van der Waals surface area contributed by atoms with Crippen molar-refractivity contribution in [1.82, 2.24) is 9.55 Å². The molecule has 0 fully saturated rings. The molecule has 0 N–H and O–H groups in total. The summed E-state index contributed by atoms with van der Waals surface area (Å²) >= 11 is 6.35. The van der Waals surface area contributed by atoms with E-state index in [1.807, 2.05) is 43.3 Å². The van der Waals surface area contributed by atoms with E-state index in [0.717, 1.165) is 45.2 Å². The van der Waals surface area contributed by atoms with Gasteiger partial charge in [-0.3, -0.25) is 14.2 Å². The van der Waals surface area contributed by atoms with Gasteiger partial charge in [0.1, 0.15) is 4.83 Å². The predicted octanol–water partition coefficient (Wildman–Crippen LogP) is 5.98. The number of thiophene rings is 1. The Labute approximate surface area is 196 Å². The predicted molar refractivity (Wildman–Crippen MR) is 131 cm³/mol. The van der Waals surface area contributed by atoms with Crippen molar-refractivity contribution in [1.29, 1.82) is 0 Å². The number of hydrogen-bond donors (Lipinski definition) is 0. The average Bonchev–Trinajstić information content (AvgIpc) is 3.33. The monoisotopic (exact) mass is 510 g/mol. The van der Waals surface area contributed by atoms with Gasteiger partial charge >= 0.3 is 0 Å². The lowest BCUT2D eigenvalue weighted by Gasteiger charge is -2.13. The van der Waals surface area contributed by atoms with E-state index in [1.54, 1.807) is 28.0 Å². The highest BCUT2D eigenvalue weighted by Crippen LogP contribution is 2.36. The van der Waals surface area contributed by atoms with Gasteiger partial charge in [-0.1, -0.05) is 52.0 Å². The molecule has 5 rings (SSSR count). The molecule has 2 heterocycles. The van der Waals surface area contributed by atoms with Gasteiger partial charge < -0.3 is 0 Å². The van der Waals surface area contributed by atoms with Crippen molar-refractivity contribution >= 4 is 55.0 Å². The van der Waals surface area contributed by atoms with E-state index in [4.69, 9.17) is 4.98 Å². The van der Waals surface area contributed by atoms with Crippen molar-refractivity contribution in [2.75, 3.05) is 5.75 Å². The zero-order chi connectivity index (χ0) is 21.5. The molecule has 0 bridgehead atoms. The molecular formula is C24H19BrN2O2S2. The lowest BCUT2D eigenvalue weighted by Crippen LogP contribution is -2.22. The van der Waals surface area contributed by atoms with E-state index < -0.39 is 0 Å². The maximum absolute atomic E-state index is 13.7. The first-order chi connectivity index (χ1) is 15.0. The number of aryl methyl sites for hydroxylation is 3. The van der Waals surface area contributed by atoms with Crippen molar-refractivity contribution < 1.29 is 4.79 Å². The molecular weight excluding hydrogens is 492 g/mol. The Morgan fingerprint density at radius 1 is 1.19 bits per heavy atom. The number of nitrogens with zero attached hydrogens (tertiary/aromatic N) is 2. The number of aromatic nitrogens is 2. The molecule has 7 heteroatoms. The Bertz CT molecular complexity index is 1370. The molecule has 0 amide bonds. The van der Waals surface area contributed by atoms with Gasteiger partial charge in [-0.05, 0) is 61.6 Å². The first-order valence-corrected chi connectivity index (χ1v) is 12.7. The highest BCUT2D eigenvalue weighted by atomic mass is 79.9. The van der Waals surface area contributed by atoms with Gasteiger partial charge in [0.25, 0.3) is 5.56 Å².